The van der Waals surface area contributed by atoms with E-state index in [0.717, 1.165) is 17.8 Å². The summed E-state index contributed by atoms with van der Waals surface area (Å²) in [4.78, 5) is 14.2. The molecule has 0 spiro atoms. The summed E-state index contributed by atoms with van der Waals surface area (Å²) in [6.45, 7) is 3.30. The highest BCUT2D eigenvalue weighted by Crippen LogP contribution is 2.13. The zero-order valence-corrected chi connectivity index (χ0v) is 10.5. The molecule has 2 aromatic carbocycles. The predicted molar refractivity (Wildman–Crippen MR) is 75.1 cm³/mol. The molecule has 0 saturated heterocycles. The molecule has 2 rings (SSSR count). The highest BCUT2D eigenvalue weighted by molar-refractivity contribution is 5.99. The van der Waals surface area contributed by atoms with Crippen LogP contribution in [0.15, 0.2) is 60.7 Å². The van der Waals surface area contributed by atoms with Crippen molar-refractivity contribution in [1.29, 1.82) is 0 Å². The number of likely N-dealkylation sites (N-methyl/N-ethyl adjacent to an activating group) is 1. The van der Waals surface area contributed by atoms with Gasteiger partial charge in [0, 0.05) is 17.8 Å². The van der Waals surface area contributed by atoms with Gasteiger partial charge >= 0.3 is 0 Å². The number of benzene rings is 2. The molecule has 0 amide bonds. The first-order valence-corrected chi connectivity index (χ1v) is 6.19. The number of nitrogens with zero attached hydrogens (tertiary/aromatic N) is 1. The van der Waals surface area contributed by atoms with Crippen molar-refractivity contribution in [3.05, 3.63) is 66.2 Å². The fourth-order valence-corrected chi connectivity index (χ4v) is 1.91. The van der Waals surface area contributed by atoms with E-state index in [1.807, 2.05) is 60.7 Å². The van der Waals surface area contributed by atoms with Gasteiger partial charge < -0.3 is 4.90 Å². The molecule has 0 atom stereocenters. The van der Waals surface area contributed by atoms with E-state index in [-0.39, 0.29) is 5.78 Å². The van der Waals surface area contributed by atoms with Gasteiger partial charge in [-0.25, -0.2) is 0 Å². The average Bonchev–Trinajstić information content (AvgIpc) is 2.46. The Kier molecular flexibility index (Phi) is 4.13. The number of hydrogen-bond donors (Lipinski definition) is 0. The number of carbonyl (C=O) groups is 1. The molecule has 0 aliphatic rings. The zero-order valence-electron chi connectivity index (χ0n) is 10.5. The van der Waals surface area contributed by atoms with Gasteiger partial charge in [0.25, 0.3) is 0 Å². The van der Waals surface area contributed by atoms with E-state index in [9.17, 15) is 4.79 Å². The first-order chi connectivity index (χ1) is 8.81. The van der Waals surface area contributed by atoms with Crippen LogP contribution in [0.5, 0.6) is 0 Å². The molecule has 0 fully saturated rings. The standard InChI is InChI=1S/C16H17NO/c1-2-17(15-11-7-4-8-12-15)13-16(18)14-9-5-3-6-10-14/h3-12H,2,13H2,1H3. The van der Waals surface area contributed by atoms with Crippen LogP contribution in [0.2, 0.25) is 0 Å². The minimum absolute atomic E-state index is 0.154. The Morgan fingerprint density at radius 3 is 2.06 bits per heavy atom. The van der Waals surface area contributed by atoms with Crippen LogP contribution < -0.4 is 4.90 Å². The zero-order chi connectivity index (χ0) is 12.8. The highest BCUT2D eigenvalue weighted by Gasteiger charge is 2.11. The third-order valence-electron chi connectivity index (χ3n) is 2.93. The molecule has 0 unspecified atom stereocenters. The number of para-hydroxylation sites is 1. The van der Waals surface area contributed by atoms with Crippen LogP contribution in [0.3, 0.4) is 0 Å². The van der Waals surface area contributed by atoms with Gasteiger partial charge in [-0.15, -0.1) is 0 Å². The fourth-order valence-electron chi connectivity index (χ4n) is 1.91. The van der Waals surface area contributed by atoms with Crippen molar-refractivity contribution in [2.24, 2.45) is 0 Å². The van der Waals surface area contributed by atoms with Gasteiger partial charge in [0.1, 0.15) is 0 Å². The monoisotopic (exact) mass is 239 g/mol. The normalized spacial score (nSPS) is 10.1. The van der Waals surface area contributed by atoms with Gasteiger partial charge in [0.15, 0.2) is 5.78 Å². The molecule has 2 nitrogen and oxygen atoms in total. The molecule has 92 valence electrons. The van der Waals surface area contributed by atoms with Gasteiger partial charge in [-0.1, -0.05) is 48.5 Å². The van der Waals surface area contributed by atoms with Crippen molar-refractivity contribution in [2.75, 3.05) is 18.0 Å². The fraction of sp³-hybridized carbons (Fsp3) is 0.188. The van der Waals surface area contributed by atoms with Crippen molar-refractivity contribution < 1.29 is 4.79 Å². The van der Waals surface area contributed by atoms with Crippen molar-refractivity contribution in [3.8, 4) is 0 Å². The first kappa shape index (κ1) is 12.4. The Morgan fingerprint density at radius 2 is 1.50 bits per heavy atom. The van der Waals surface area contributed by atoms with Crippen LogP contribution in [0.4, 0.5) is 5.69 Å². The second-order valence-corrected chi connectivity index (χ2v) is 4.14. The molecule has 2 heteroatoms. The minimum Gasteiger partial charge on any atom is -0.364 e. The Morgan fingerprint density at radius 1 is 0.944 bits per heavy atom. The first-order valence-electron chi connectivity index (χ1n) is 6.19. The van der Waals surface area contributed by atoms with Crippen molar-refractivity contribution in [2.45, 2.75) is 6.92 Å². The Labute approximate surface area is 108 Å². The third kappa shape index (κ3) is 2.98. The van der Waals surface area contributed by atoms with E-state index in [1.165, 1.54) is 0 Å². The minimum atomic E-state index is 0.154. The molecule has 0 heterocycles. The smallest absolute Gasteiger partial charge is 0.182 e. The molecular formula is C16H17NO. The van der Waals surface area contributed by atoms with Crippen LogP contribution in [0, 0.1) is 0 Å². The second-order valence-electron chi connectivity index (χ2n) is 4.14. The topological polar surface area (TPSA) is 20.3 Å². The van der Waals surface area contributed by atoms with Crippen LogP contribution >= 0.6 is 0 Å². The molecule has 0 saturated carbocycles. The quantitative estimate of drug-likeness (QED) is 0.745. The Bertz CT molecular complexity index is 493. The van der Waals surface area contributed by atoms with Gasteiger partial charge in [-0.3, -0.25) is 4.79 Å². The lowest BCUT2D eigenvalue weighted by molar-refractivity contribution is 0.0999. The summed E-state index contributed by atoms with van der Waals surface area (Å²) in [7, 11) is 0. The summed E-state index contributed by atoms with van der Waals surface area (Å²) in [5, 5.41) is 0. The van der Waals surface area contributed by atoms with Crippen LogP contribution in [-0.4, -0.2) is 18.9 Å². The molecule has 0 aliphatic heterocycles. The number of rotatable bonds is 5. The maximum Gasteiger partial charge on any atom is 0.182 e. The van der Waals surface area contributed by atoms with E-state index in [4.69, 9.17) is 0 Å². The molecule has 18 heavy (non-hydrogen) atoms. The highest BCUT2D eigenvalue weighted by atomic mass is 16.1. The van der Waals surface area contributed by atoms with E-state index in [1.54, 1.807) is 0 Å². The predicted octanol–water partition coefficient (Wildman–Crippen LogP) is 3.40. The molecule has 0 aliphatic carbocycles. The molecule has 0 aromatic heterocycles. The van der Waals surface area contributed by atoms with E-state index >= 15 is 0 Å². The second kappa shape index (κ2) is 6.01. The van der Waals surface area contributed by atoms with Crippen LogP contribution in [0.25, 0.3) is 0 Å². The molecule has 2 aromatic rings. The SMILES string of the molecule is CCN(CC(=O)c1ccccc1)c1ccccc1. The third-order valence-corrected chi connectivity index (χ3v) is 2.93. The van der Waals surface area contributed by atoms with E-state index in [0.29, 0.717) is 6.54 Å². The van der Waals surface area contributed by atoms with Crippen LogP contribution in [-0.2, 0) is 0 Å². The summed E-state index contributed by atoms with van der Waals surface area (Å²) in [6.07, 6.45) is 0. The Balaban J connectivity index is 2.10. The van der Waals surface area contributed by atoms with Crippen molar-refractivity contribution in [3.63, 3.8) is 0 Å². The summed E-state index contributed by atoms with van der Waals surface area (Å²) in [5.41, 5.74) is 1.86. The van der Waals surface area contributed by atoms with E-state index < -0.39 is 0 Å². The van der Waals surface area contributed by atoms with E-state index in [2.05, 4.69) is 11.8 Å². The molecule has 0 N–H and O–H groups in total. The lowest BCUT2D eigenvalue weighted by Crippen LogP contribution is -2.29. The average molecular weight is 239 g/mol. The van der Waals surface area contributed by atoms with Gasteiger partial charge in [-0.05, 0) is 19.1 Å². The number of Topliss-reactive ketones (excluding diaryl/α,β-unsaturated/α-hetero) is 1. The number of carbonyl (C=O) groups excluding carboxylic acids is 1. The summed E-state index contributed by atoms with van der Waals surface area (Å²) in [5.74, 6) is 0.154. The number of hydrogen-bond acceptors (Lipinski definition) is 2. The van der Waals surface area contributed by atoms with Crippen molar-refractivity contribution in [1.82, 2.24) is 0 Å². The molecule has 0 radical (unpaired) electrons. The maximum atomic E-state index is 12.1. The van der Waals surface area contributed by atoms with Gasteiger partial charge in [0.05, 0.1) is 6.54 Å². The Hall–Kier alpha value is -2.09. The molecular weight excluding hydrogens is 222 g/mol. The van der Waals surface area contributed by atoms with Crippen molar-refractivity contribution >= 4 is 11.5 Å². The van der Waals surface area contributed by atoms with Crippen LogP contribution in [0.1, 0.15) is 17.3 Å². The van der Waals surface area contributed by atoms with Gasteiger partial charge in [-0.2, -0.15) is 0 Å². The maximum absolute atomic E-state index is 12.1. The lowest BCUT2D eigenvalue weighted by atomic mass is 10.1. The van der Waals surface area contributed by atoms with Gasteiger partial charge in [0.2, 0.25) is 0 Å². The summed E-state index contributed by atoms with van der Waals surface area (Å²) >= 11 is 0. The largest absolute Gasteiger partial charge is 0.364 e. The summed E-state index contributed by atoms with van der Waals surface area (Å²) < 4.78 is 0. The lowest BCUT2D eigenvalue weighted by Gasteiger charge is -2.22. The molecule has 0 bridgehead atoms. The summed E-state index contributed by atoms with van der Waals surface area (Å²) in [6, 6.07) is 19.5. The number of ketones is 1. The number of anilines is 1.